The minimum absolute atomic E-state index is 0.0488. The number of carbonyl (C=O) groups is 1. The van der Waals surface area contributed by atoms with Crippen LogP contribution in [-0.2, 0) is 17.6 Å². The second kappa shape index (κ2) is 6.88. The van der Waals surface area contributed by atoms with Crippen LogP contribution in [0.4, 0.5) is 4.39 Å². The van der Waals surface area contributed by atoms with Gasteiger partial charge in [0.15, 0.2) is 11.6 Å². The Kier molecular flexibility index (Phi) is 4.93. The molecule has 0 N–H and O–H groups in total. The molecule has 0 heterocycles. The zero-order valence-electron chi connectivity index (χ0n) is 12.1. The Bertz CT molecular complexity index is 620. The normalized spacial score (nSPS) is 10.2. The summed E-state index contributed by atoms with van der Waals surface area (Å²) in [5.41, 5.74) is 1.23. The van der Waals surface area contributed by atoms with Crippen LogP contribution < -0.4 is 9.47 Å². The minimum atomic E-state index is -0.469. The SMILES string of the molecule is COc1ccc(CC(=O)Cc2cccc(OC)c2F)cc1. The van der Waals surface area contributed by atoms with E-state index in [0.717, 1.165) is 11.3 Å². The third kappa shape index (κ3) is 3.81. The van der Waals surface area contributed by atoms with Gasteiger partial charge in [-0.05, 0) is 29.3 Å². The van der Waals surface area contributed by atoms with Crippen molar-refractivity contribution in [3.8, 4) is 11.5 Å². The number of halogens is 1. The van der Waals surface area contributed by atoms with Crippen molar-refractivity contribution in [2.24, 2.45) is 0 Å². The van der Waals surface area contributed by atoms with Crippen LogP contribution in [0.2, 0.25) is 0 Å². The van der Waals surface area contributed by atoms with Crippen molar-refractivity contribution in [2.75, 3.05) is 14.2 Å². The molecule has 0 aliphatic heterocycles. The quantitative estimate of drug-likeness (QED) is 0.819. The lowest BCUT2D eigenvalue weighted by molar-refractivity contribution is -0.117. The summed E-state index contributed by atoms with van der Waals surface area (Å²) in [6.07, 6.45) is 0.315. The lowest BCUT2D eigenvalue weighted by atomic mass is 10.0. The first-order chi connectivity index (χ1) is 10.1. The molecule has 0 aromatic heterocycles. The Labute approximate surface area is 123 Å². The zero-order chi connectivity index (χ0) is 15.2. The molecule has 2 rings (SSSR count). The van der Waals surface area contributed by atoms with E-state index < -0.39 is 5.82 Å². The van der Waals surface area contributed by atoms with Crippen LogP contribution in [0, 0.1) is 5.82 Å². The third-order valence-corrected chi connectivity index (χ3v) is 3.21. The predicted octanol–water partition coefficient (Wildman–Crippen LogP) is 3.20. The molecule has 4 heteroatoms. The number of carbonyl (C=O) groups excluding carboxylic acids is 1. The van der Waals surface area contributed by atoms with Crippen LogP contribution in [0.1, 0.15) is 11.1 Å². The molecule has 0 fully saturated rings. The topological polar surface area (TPSA) is 35.5 Å². The number of benzene rings is 2. The van der Waals surface area contributed by atoms with Gasteiger partial charge in [-0.2, -0.15) is 0 Å². The maximum atomic E-state index is 14.0. The van der Waals surface area contributed by atoms with Gasteiger partial charge >= 0.3 is 0 Å². The van der Waals surface area contributed by atoms with E-state index in [1.54, 1.807) is 31.4 Å². The number of ether oxygens (including phenoxy) is 2. The highest BCUT2D eigenvalue weighted by atomic mass is 19.1. The van der Waals surface area contributed by atoms with Gasteiger partial charge in [0.05, 0.1) is 14.2 Å². The zero-order valence-corrected chi connectivity index (χ0v) is 12.1. The first-order valence-corrected chi connectivity index (χ1v) is 6.60. The van der Waals surface area contributed by atoms with Crippen LogP contribution in [0.15, 0.2) is 42.5 Å². The average Bonchev–Trinajstić information content (AvgIpc) is 2.50. The average molecular weight is 288 g/mol. The van der Waals surface area contributed by atoms with E-state index in [9.17, 15) is 9.18 Å². The Hall–Kier alpha value is -2.36. The van der Waals surface area contributed by atoms with Gasteiger partial charge in [0.2, 0.25) is 0 Å². The summed E-state index contributed by atoms with van der Waals surface area (Å²) in [5, 5.41) is 0. The molecule has 2 aromatic rings. The van der Waals surface area contributed by atoms with Crippen LogP contribution in [0.5, 0.6) is 11.5 Å². The third-order valence-electron chi connectivity index (χ3n) is 3.21. The predicted molar refractivity (Wildman–Crippen MR) is 78.4 cm³/mol. The van der Waals surface area contributed by atoms with Crippen molar-refractivity contribution < 1.29 is 18.7 Å². The lowest BCUT2D eigenvalue weighted by Gasteiger charge is -2.07. The monoisotopic (exact) mass is 288 g/mol. The lowest BCUT2D eigenvalue weighted by Crippen LogP contribution is -2.08. The van der Waals surface area contributed by atoms with E-state index in [1.165, 1.54) is 13.2 Å². The number of rotatable bonds is 6. The molecule has 0 aliphatic rings. The van der Waals surface area contributed by atoms with Crippen molar-refractivity contribution in [2.45, 2.75) is 12.8 Å². The van der Waals surface area contributed by atoms with Crippen molar-refractivity contribution >= 4 is 5.78 Å². The molecule has 0 radical (unpaired) electrons. The second-order valence-electron chi connectivity index (χ2n) is 4.67. The van der Waals surface area contributed by atoms with E-state index in [0.29, 0.717) is 5.56 Å². The van der Waals surface area contributed by atoms with E-state index in [4.69, 9.17) is 9.47 Å². The van der Waals surface area contributed by atoms with Gasteiger partial charge in [0, 0.05) is 12.8 Å². The molecule has 0 atom stereocenters. The molecule has 0 saturated heterocycles. The molecule has 0 aliphatic carbocycles. The summed E-state index contributed by atoms with van der Waals surface area (Å²) in [4.78, 5) is 12.0. The Morgan fingerprint density at radius 3 is 2.33 bits per heavy atom. The molecule has 0 bridgehead atoms. The maximum Gasteiger partial charge on any atom is 0.168 e. The summed E-state index contributed by atoms with van der Waals surface area (Å²) in [6, 6.07) is 12.1. The van der Waals surface area contributed by atoms with Gasteiger partial charge < -0.3 is 9.47 Å². The van der Waals surface area contributed by atoms with Crippen LogP contribution in [0.3, 0.4) is 0 Å². The standard InChI is InChI=1S/C17H17FO3/c1-20-15-8-6-12(7-9-15)10-14(19)11-13-4-3-5-16(21-2)17(13)18/h3-9H,10-11H2,1-2H3. The Morgan fingerprint density at radius 1 is 1.00 bits per heavy atom. The van der Waals surface area contributed by atoms with Crippen LogP contribution >= 0.6 is 0 Å². The molecule has 110 valence electrons. The number of hydrogen-bond acceptors (Lipinski definition) is 3. The number of hydrogen-bond donors (Lipinski definition) is 0. The van der Waals surface area contributed by atoms with Crippen molar-refractivity contribution in [3.63, 3.8) is 0 Å². The Balaban J connectivity index is 2.04. The number of ketones is 1. The molecule has 21 heavy (non-hydrogen) atoms. The fourth-order valence-electron chi connectivity index (χ4n) is 2.10. The molecule has 0 unspecified atom stereocenters. The highest BCUT2D eigenvalue weighted by Gasteiger charge is 2.12. The molecule has 0 saturated carbocycles. The molecule has 3 nitrogen and oxygen atoms in total. The van der Waals surface area contributed by atoms with Gasteiger partial charge in [0.1, 0.15) is 11.5 Å². The summed E-state index contributed by atoms with van der Waals surface area (Å²) in [5.74, 6) is 0.380. The van der Waals surface area contributed by atoms with E-state index in [2.05, 4.69) is 0 Å². The summed E-state index contributed by atoms with van der Waals surface area (Å²) >= 11 is 0. The van der Waals surface area contributed by atoms with E-state index in [-0.39, 0.29) is 24.4 Å². The first kappa shape index (κ1) is 15.0. The minimum Gasteiger partial charge on any atom is -0.497 e. The molecule has 0 amide bonds. The van der Waals surface area contributed by atoms with E-state index in [1.807, 2.05) is 12.1 Å². The van der Waals surface area contributed by atoms with Gasteiger partial charge in [-0.3, -0.25) is 4.79 Å². The van der Waals surface area contributed by atoms with Gasteiger partial charge in [-0.25, -0.2) is 4.39 Å². The number of Topliss-reactive ketones (excluding diaryl/α,β-unsaturated/α-hetero) is 1. The van der Waals surface area contributed by atoms with Crippen molar-refractivity contribution in [1.29, 1.82) is 0 Å². The first-order valence-electron chi connectivity index (χ1n) is 6.60. The molecular formula is C17H17FO3. The van der Waals surface area contributed by atoms with Crippen LogP contribution in [0.25, 0.3) is 0 Å². The highest BCUT2D eigenvalue weighted by Crippen LogP contribution is 2.21. The smallest absolute Gasteiger partial charge is 0.168 e. The van der Waals surface area contributed by atoms with Gasteiger partial charge in [-0.1, -0.05) is 24.3 Å². The highest BCUT2D eigenvalue weighted by molar-refractivity contribution is 5.83. The Morgan fingerprint density at radius 2 is 1.71 bits per heavy atom. The fourth-order valence-corrected chi connectivity index (χ4v) is 2.10. The summed E-state index contributed by atoms with van der Waals surface area (Å²) < 4.78 is 24.0. The van der Waals surface area contributed by atoms with E-state index >= 15 is 0 Å². The van der Waals surface area contributed by atoms with Crippen molar-refractivity contribution in [1.82, 2.24) is 0 Å². The van der Waals surface area contributed by atoms with Gasteiger partial charge in [0.25, 0.3) is 0 Å². The van der Waals surface area contributed by atoms with Gasteiger partial charge in [-0.15, -0.1) is 0 Å². The molecular weight excluding hydrogens is 271 g/mol. The molecule has 0 spiro atoms. The summed E-state index contributed by atoms with van der Waals surface area (Å²) in [6.45, 7) is 0. The van der Waals surface area contributed by atoms with Crippen LogP contribution in [-0.4, -0.2) is 20.0 Å². The van der Waals surface area contributed by atoms with Crippen molar-refractivity contribution in [3.05, 3.63) is 59.4 Å². The largest absolute Gasteiger partial charge is 0.497 e. The maximum absolute atomic E-state index is 14.0. The summed E-state index contributed by atoms with van der Waals surface area (Å²) in [7, 11) is 2.99. The fraction of sp³-hybridized carbons (Fsp3) is 0.235. The number of methoxy groups -OCH3 is 2. The molecule has 2 aromatic carbocycles. The second-order valence-corrected chi connectivity index (χ2v) is 4.67.